The number of nitro groups is 3. The Morgan fingerprint density at radius 3 is 1.47 bits per heavy atom. The Bertz CT molecular complexity index is 659. The van der Waals surface area contributed by atoms with Gasteiger partial charge in [0, 0.05) is 6.26 Å². The Hall–Kier alpha value is -2.63. The second-order valence-corrected chi connectivity index (χ2v) is 5.31. The van der Waals surface area contributed by atoms with Crippen molar-refractivity contribution in [3.05, 3.63) is 42.5 Å². The molecule has 0 fully saturated rings. The van der Waals surface area contributed by atoms with Crippen LogP contribution in [0.4, 0.5) is 17.1 Å². The third kappa shape index (κ3) is 2.79. The second kappa shape index (κ2) is 4.56. The Morgan fingerprint density at radius 2 is 1.26 bits per heavy atom. The molecule has 0 aliphatic heterocycles. The molecule has 1 aromatic rings. The highest BCUT2D eigenvalue weighted by Gasteiger charge is 2.36. The zero-order valence-corrected chi connectivity index (χ0v) is 9.99. The van der Waals surface area contributed by atoms with E-state index in [1.807, 2.05) is 0 Å². The minimum Gasteiger partial charge on any atom is -0.258 e. The maximum Gasteiger partial charge on any atom is 0.301 e. The van der Waals surface area contributed by atoms with Crippen LogP contribution in [0.15, 0.2) is 17.0 Å². The lowest BCUT2D eigenvalue weighted by Crippen LogP contribution is -2.08. The SMILES string of the molecule is CS(=O)(=O)c1c([N+](=O)[O-])cc([N+](=O)[O-])cc1[N+](=O)[O-]. The normalized spacial score (nSPS) is 11.0. The monoisotopic (exact) mass is 291 g/mol. The molecule has 11 nitrogen and oxygen atoms in total. The van der Waals surface area contributed by atoms with E-state index in [2.05, 4.69) is 0 Å². The van der Waals surface area contributed by atoms with Crippen molar-refractivity contribution < 1.29 is 23.2 Å². The highest BCUT2D eigenvalue weighted by atomic mass is 32.2. The van der Waals surface area contributed by atoms with E-state index in [9.17, 15) is 38.8 Å². The van der Waals surface area contributed by atoms with E-state index in [-0.39, 0.29) is 0 Å². The van der Waals surface area contributed by atoms with Gasteiger partial charge in [-0.05, 0) is 0 Å². The molecule has 0 N–H and O–H groups in total. The van der Waals surface area contributed by atoms with Crippen LogP contribution in [0.25, 0.3) is 0 Å². The summed E-state index contributed by atoms with van der Waals surface area (Å²) in [6.07, 6.45) is 0.536. The molecule has 0 bridgehead atoms. The number of sulfone groups is 1. The van der Waals surface area contributed by atoms with Gasteiger partial charge in [0.15, 0.2) is 9.84 Å². The Labute approximate surface area is 104 Å². The third-order valence-corrected chi connectivity index (χ3v) is 3.17. The summed E-state index contributed by atoms with van der Waals surface area (Å²) in [5.41, 5.74) is -3.35. The quantitative estimate of drug-likeness (QED) is 0.580. The smallest absolute Gasteiger partial charge is 0.258 e. The van der Waals surface area contributed by atoms with Crippen molar-refractivity contribution in [3.63, 3.8) is 0 Å². The number of nitro benzene ring substituents is 3. The van der Waals surface area contributed by atoms with Crippen molar-refractivity contribution in [1.82, 2.24) is 0 Å². The van der Waals surface area contributed by atoms with Gasteiger partial charge in [-0.2, -0.15) is 0 Å². The van der Waals surface area contributed by atoms with Crippen molar-refractivity contribution >= 4 is 26.9 Å². The van der Waals surface area contributed by atoms with Crippen LogP contribution < -0.4 is 0 Å². The molecule has 0 heterocycles. The molecule has 0 atom stereocenters. The predicted octanol–water partition coefficient (Wildman–Crippen LogP) is 0.815. The lowest BCUT2D eigenvalue weighted by atomic mass is 10.2. The summed E-state index contributed by atoms with van der Waals surface area (Å²) in [5.74, 6) is 0. The first-order valence-electron chi connectivity index (χ1n) is 4.37. The number of hydrogen-bond donors (Lipinski definition) is 0. The lowest BCUT2D eigenvalue weighted by molar-refractivity contribution is -0.407. The predicted molar refractivity (Wildman–Crippen MR) is 59.5 cm³/mol. The van der Waals surface area contributed by atoms with E-state index >= 15 is 0 Å². The minimum atomic E-state index is -4.30. The molecule has 1 rings (SSSR count). The van der Waals surface area contributed by atoms with E-state index in [0.717, 1.165) is 0 Å². The van der Waals surface area contributed by atoms with Gasteiger partial charge in [0.25, 0.3) is 5.69 Å². The van der Waals surface area contributed by atoms with Crippen LogP contribution in [0.1, 0.15) is 0 Å². The van der Waals surface area contributed by atoms with Crippen molar-refractivity contribution in [1.29, 1.82) is 0 Å². The zero-order valence-electron chi connectivity index (χ0n) is 9.17. The second-order valence-electron chi connectivity index (χ2n) is 3.36. The fourth-order valence-electron chi connectivity index (χ4n) is 1.34. The van der Waals surface area contributed by atoms with Crippen LogP contribution in [0.3, 0.4) is 0 Å². The van der Waals surface area contributed by atoms with Crippen LogP contribution in [-0.2, 0) is 9.84 Å². The molecule has 0 saturated heterocycles. The number of nitrogens with zero attached hydrogens (tertiary/aromatic N) is 3. The summed E-state index contributed by atoms with van der Waals surface area (Å²) < 4.78 is 22.8. The van der Waals surface area contributed by atoms with E-state index in [0.29, 0.717) is 18.4 Å². The minimum absolute atomic E-state index is 0.364. The van der Waals surface area contributed by atoms with E-state index in [4.69, 9.17) is 0 Å². The van der Waals surface area contributed by atoms with E-state index in [1.165, 1.54) is 0 Å². The molecule has 0 unspecified atom stereocenters. The lowest BCUT2D eigenvalue weighted by Gasteiger charge is -2.02. The standard InChI is InChI=1S/C7H5N3O8S/c1-19(17,18)7-5(9(13)14)2-4(8(11)12)3-6(7)10(15)16/h2-3H,1H3. The van der Waals surface area contributed by atoms with Gasteiger partial charge >= 0.3 is 11.4 Å². The number of rotatable bonds is 4. The first-order chi connectivity index (χ1) is 8.55. The van der Waals surface area contributed by atoms with Crippen molar-refractivity contribution in [2.24, 2.45) is 0 Å². The first kappa shape index (κ1) is 14.4. The van der Waals surface area contributed by atoms with E-state index < -0.39 is 46.6 Å². The molecule has 1 aromatic carbocycles. The Balaban J connectivity index is 3.93. The average molecular weight is 291 g/mol. The van der Waals surface area contributed by atoms with Gasteiger partial charge in [-0.3, -0.25) is 30.3 Å². The highest BCUT2D eigenvalue weighted by molar-refractivity contribution is 7.91. The molecule has 0 aliphatic carbocycles. The largest absolute Gasteiger partial charge is 0.301 e. The molecule has 102 valence electrons. The fraction of sp³-hybridized carbons (Fsp3) is 0.143. The van der Waals surface area contributed by atoms with Gasteiger partial charge in [-0.1, -0.05) is 0 Å². The summed E-state index contributed by atoms with van der Waals surface area (Å²) in [7, 11) is -4.30. The molecule has 12 heteroatoms. The molecule has 0 aliphatic rings. The molecule has 0 spiro atoms. The maximum atomic E-state index is 11.4. The summed E-state index contributed by atoms with van der Waals surface area (Å²) in [6.45, 7) is 0. The van der Waals surface area contributed by atoms with E-state index in [1.54, 1.807) is 0 Å². The molecule has 0 radical (unpaired) electrons. The summed E-state index contributed by atoms with van der Waals surface area (Å²) in [4.78, 5) is 27.2. The topological polar surface area (TPSA) is 164 Å². The molecule has 0 amide bonds. The van der Waals surface area contributed by atoms with Crippen LogP contribution in [0.5, 0.6) is 0 Å². The molecule has 0 aromatic heterocycles. The van der Waals surface area contributed by atoms with Crippen molar-refractivity contribution in [2.75, 3.05) is 6.26 Å². The molecular weight excluding hydrogens is 286 g/mol. The first-order valence-corrected chi connectivity index (χ1v) is 6.26. The van der Waals surface area contributed by atoms with Gasteiger partial charge in [-0.15, -0.1) is 0 Å². The van der Waals surface area contributed by atoms with Gasteiger partial charge in [-0.25, -0.2) is 8.42 Å². The molecular formula is C7H5N3O8S. The van der Waals surface area contributed by atoms with Crippen LogP contribution in [0.2, 0.25) is 0 Å². The van der Waals surface area contributed by atoms with Gasteiger partial charge < -0.3 is 0 Å². The van der Waals surface area contributed by atoms with Crippen molar-refractivity contribution in [3.8, 4) is 0 Å². The van der Waals surface area contributed by atoms with Crippen LogP contribution in [0, 0.1) is 30.3 Å². The van der Waals surface area contributed by atoms with Gasteiger partial charge in [0.2, 0.25) is 4.90 Å². The van der Waals surface area contributed by atoms with Crippen LogP contribution >= 0.6 is 0 Å². The van der Waals surface area contributed by atoms with Crippen molar-refractivity contribution in [2.45, 2.75) is 4.90 Å². The van der Waals surface area contributed by atoms with Crippen LogP contribution in [-0.4, -0.2) is 29.4 Å². The summed E-state index contributed by atoms with van der Waals surface area (Å²) >= 11 is 0. The number of benzene rings is 1. The Morgan fingerprint density at radius 1 is 0.895 bits per heavy atom. The molecule has 19 heavy (non-hydrogen) atoms. The number of non-ortho nitro benzene ring substituents is 1. The average Bonchev–Trinajstić information content (AvgIpc) is 2.25. The molecule has 0 saturated carbocycles. The highest BCUT2D eigenvalue weighted by Crippen LogP contribution is 2.36. The maximum absolute atomic E-state index is 11.4. The Kier molecular flexibility index (Phi) is 3.47. The summed E-state index contributed by atoms with van der Waals surface area (Å²) in [6, 6.07) is 0.729. The fourth-order valence-corrected chi connectivity index (χ4v) is 2.37. The zero-order chi connectivity index (χ0) is 15.0. The number of hydrogen-bond acceptors (Lipinski definition) is 8. The van der Waals surface area contributed by atoms with Gasteiger partial charge in [0.1, 0.15) is 0 Å². The third-order valence-electron chi connectivity index (χ3n) is 2.01. The van der Waals surface area contributed by atoms with Gasteiger partial charge in [0.05, 0.1) is 26.9 Å². The summed E-state index contributed by atoms with van der Waals surface area (Å²) in [5, 5.41) is 32.0.